The van der Waals surface area contributed by atoms with Crippen LogP contribution in [0.25, 0.3) is 0 Å². The molecule has 0 heterocycles. The van der Waals surface area contributed by atoms with Crippen LogP contribution in [0.4, 0.5) is 0 Å². The first kappa shape index (κ1) is 27.4. The summed E-state index contributed by atoms with van der Waals surface area (Å²) in [5.74, 6) is 2.08. The first-order chi connectivity index (χ1) is 17.8. The first-order valence-electron chi connectivity index (χ1n) is 12.8. The number of hydrogen-bond acceptors (Lipinski definition) is 2. The van der Waals surface area contributed by atoms with E-state index in [0.29, 0.717) is 0 Å². The van der Waals surface area contributed by atoms with Crippen LogP contribution in [0.1, 0.15) is 27.8 Å². The third-order valence-electron chi connectivity index (χ3n) is 7.00. The molecule has 0 saturated carbocycles. The van der Waals surface area contributed by atoms with Gasteiger partial charge < -0.3 is 9.47 Å². The Balaban J connectivity index is 1.84. The maximum absolute atomic E-state index is 6.06. The third-order valence-corrected chi connectivity index (χ3v) is 12.5. The van der Waals surface area contributed by atoms with Crippen LogP contribution in [-0.4, -0.2) is 26.5 Å². The molecule has 0 N–H and O–H groups in total. The van der Waals surface area contributed by atoms with Crippen LogP contribution < -0.4 is 30.7 Å². The molecule has 0 aromatic heterocycles. The molecule has 2 nitrogen and oxygen atoms in total. The van der Waals surface area contributed by atoms with Crippen molar-refractivity contribution in [2.24, 2.45) is 0 Å². The average molecular weight is 529 g/mol. The predicted octanol–water partition coefficient (Wildman–Crippen LogP) is 6.81. The number of benzene rings is 4. The van der Waals surface area contributed by atoms with Crippen LogP contribution >= 0.6 is 15.8 Å². The molecule has 0 unspecified atom stereocenters. The number of methoxy groups -OCH3 is 2. The number of hydrogen-bond donors (Lipinski definition) is 0. The summed E-state index contributed by atoms with van der Waals surface area (Å²) in [5.41, 5.74) is 6.39. The highest BCUT2D eigenvalue weighted by Gasteiger charge is 2.26. The minimum Gasteiger partial charge on any atom is -0.496 e. The van der Waals surface area contributed by atoms with Gasteiger partial charge in [-0.15, -0.1) is 0 Å². The van der Waals surface area contributed by atoms with Crippen molar-refractivity contribution in [3.8, 4) is 11.5 Å². The van der Waals surface area contributed by atoms with Crippen molar-refractivity contribution < 1.29 is 9.47 Å². The summed E-state index contributed by atoms with van der Waals surface area (Å²) < 4.78 is 12.1. The van der Waals surface area contributed by atoms with Gasteiger partial charge in [0.2, 0.25) is 0 Å². The Labute approximate surface area is 225 Å². The van der Waals surface area contributed by atoms with Gasteiger partial charge in [-0.3, -0.25) is 0 Å². The second kappa shape index (κ2) is 12.3. The molecule has 0 saturated heterocycles. The van der Waals surface area contributed by atoms with E-state index in [9.17, 15) is 0 Å². The van der Waals surface area contributed by atoms with Crippen LogP contribution in [0.2, 0.25) is 0 Å². The Morgan fingerprint density at radius 2 is 1.08 bits per heavy atom. The zero-order chi connectivity index (χ0) is 26.5. The topological polar surface area (TPSA) is 18.5 Å². The van der Waals surface area contributed by atoms with Gasteiger partial charge in [-0.05, 0) is 107 Å². The van der Waals surface area contributed by atoms with E-state index in [1.807, 2.05) is 7.11 Å². The molecule has 37 heavy (non-hydrogen) atoms. The van der Waals surface area contributed by atoms with Crippen LogP contribution in [0.5, 0.6) is 11.5 Å². The van der Waals surface area contributed by atoms with Gasteiger partial charge in [0, 0.05) is 10.6 Å². The lowest BCUT2D eigenvalue weighted by Crippen LogP contribution is -2.24. The van der Waals surface area contributed by atoms with Crippen LogP contribution in [-0.2, 0) is 0 Å². The molecular formula is C33H38O2P2. The van der Waals surface area contributed by atoms with Gasteiger partial charge >= 0.3 is 0 Å². The largest absolute Gasteiger partial charge is 0.496 e. The van der Waals surface area contributed by atoms with Crippen molar-refractivity contribution in [2.45, 2.75) is 34.6 Å². The summed E-state index contributed by atoms with van der Waals surface area (Å²) in [6.45, 7) is 11.0. The minimum absolute atomic E-state index is 0.612. The van der Waals surface area contributed by atoms with Crippen molar-refractivity contribution in [1.82, 2.24) is 0 Å². The Morgan fingerprint density at radius 1 is 0.568 bits per heavy atom. The zero-order valence-electron chi connectivity index (χ0n) is 23.1. The summed E-state index contributed by atoms with van der Waals surface area (Å²) in [6, 6.07) is 28.9. The van der Waals surface area contributed by atoms with Crippen molar-refractivity contribution >= 4 is 37.1 Å². The van der Waals surface area contributed by atoms with Crippen LogP contribution in [0.15, 0.2) is 78.9 Å². The Hall–Kier alpha value is -2.66. The fourth-order valence-corrected chi connectivity index (χ4v) is 11.3. The summed E-state index contributed by atoms with van der Waals surface area (Å²) >= 11 is 0. The molecule has 0 bridgehead atoms. The quantitative estimate of drug-likeness (QED) is 0.222. The highest BCUT2D eigenvalue weighted by atomic mass is 31.1. The normalized spacial score (nSPS) is 12.7. The first-order valence-corrected chi connectivity index (χ1v) is 15.9. The van der Waals surface area contributed by atoms with Gasteiger partial charge in [0.25, 0.3) is 0 Å². The molecule has 192 valence electrons. The van der Waals surface area contributed by atoms with Crippen molar-refractivity contribution in [3.05, 3.63) is 107 Å². The minimum atomic E-state index is -0.623. The van der Waals surface area contributed by atoms with E-state index < -0.39 is 15.8 Å². The van der Waals surface area contributed by atoms with E-state index in [4.69, 9.17) is 9.47 Å². The summed E-state index contributed by atoms with van der Waals surface area (Å²) in [7, 11) is 2.39. The Bertz CT molecular complexity index is 1350. The molecule has 4 heteroatoms. The summed E-state index contributed by atoms with van der Waals surface area (Å²) in [5, 5.41) is 5.53. The van der Waals surface area contributed by atoms with Crippen LogP contribution in [0.3, 0.4) is 0 Å². The molecule has 0 spiro atoms. The van der Waals surface area contributed by atoms with Gasteiger partial charge in [-0.2, -0.15) is 0 Å². The second-order valence-corrected chi connectivity index (χ2v) is 14.2. The molecule has 0 aliphatic rings. The molecular weight excluding hydrogens is 490 g/mol. The number of rotatable bonds is 9. The SMILES string of the molecule is COc1c(C)cc(C)cc1[P@](CC[P@](c1ccccc1)c1c(C)c(C)cc(C)c1OC)c1ccccc1. The molecule has 0 fully saturated rings. The zero-order valence-corrected chi connectivity index (χ0v) is 24.9. The maximum Gasteiger partial charge on any atom is 0.130 e. The lowest BCUT2D eigenvalue weighted by atomic mass is 10.1. The van der Waals surface area contributed by atoms with E-state index in [-0.39, 0.29) is 0 Å². The fourth-order valence-electron chi connectivity index (χ4n) is 5.20. The Kier molecular flexibility index (Phi) is 9.07. The number of aryl methyl sites for hydroxylation is 4. The van der Waals surface area contributed by atoms with E-state index in [1.54, 1.807) is 7.11 Å². The monoisotopic (exact) mass is 528 g/mol. The van der Waals surface area contributed by atoms with E-state index >= 15 is 0 Å². The average Bonchev–Trinajstić information content (AvgIpc) is 2.90. The fraction of sp³-hybridized carbons (Fsp3) is 0.273. The molecule has 0 aliphatic carbocycles. The molecule has 4 aromatic carbocycles. The standard InChI is InChI=1S/C33H38O2P2/c1-23-20-25(3)31(34-6)30(21-23)36(28-14-10-8-11-15-28)18-19-37(29-16-12-9-13-17-29)33-27(5)24(2)22-26(4)32(33)35-7/h8-17,20-22H,18-19H2,1-7H3/t36-,37-/m1/s1. The predicted molar refractivity (Wildman–Crippen MR) is 165 cm³/mol. The third kappa shape index (κ3) is 5.93. The van der Waals surface area contributed by atoms with Gasteiger partial charge in [-0.1, -0.05) is 72.8 Å². The maximum atomic E-state index is 6.06. The molecule has 0 radical (unpaired) electrons. The molecule has 0 amide bonds. The molecule has 4 rings (SSSR count). The van der Waals surface area contributed by atoms with E-state index in [0.717, 1.165) is 23.8 Å². The molecule has 4 aromatic rings. The molecule has 0 aliphatic heterocycles. The van der Waals surface area contributed by atoms with Crippen molar-refractivity contribution in [2.75, 3.05) is 26.5 Å². The van der Waals surface area contributed by atoms with Crippen LogP contribution in [0, 0.1) is 34.6 Å². The Morgan fingerprint density at radius 3 is 1.65 bits per heavy atom. The van der Waals surface area contributed by atoms with Gasteiger partial charge in [0.1, 0.15) is 11.5 Å². The van der Waals surface area contributed by atoms with Gasteiger partial charge in [0.05, 0.1) is 14.2 Å². The lowest BCUT2D eigenvalue weighted by Gasteiger charge is -2.28. The second-order valence-electron chi connectivity index (χ2n) is 9.63. The van der Waals surface area contributed by atoms with Gasteiger partial charge in [0.15, 0.2) is 0 Å². The highest BCUT2D eigenvalue weighted by Crippen LogP contribution is 2.46. The number of ether oxygens (including phenoxy) is 2. The van der Waals surface area contributed by atoms with Crippen molar-refractivity contribution in [3.63, 3.8) is 0 Å². The van der Waals surface area contributed by atoms with Crippen molar-refractivity contribution in [1.29, 1.82) is 0 Å². The van der Waals surface area contributed by atoms with E-state index in [1.165, 1.54) is 49.0 Å². The summed E-state index contributed by atoms with van der Waals surface area (Å²) in [4.78, 5) is 0. The summed E-state index contributed by atoms with van der Waals surface area (Å²) in [6.07, 6.45) is 2.16. The van der Waals surface area contributed by atoms with Gasteiger partial charge in [-0.25, -0.2) is 0 Å². The van der Waals surface area contributed by atoms with E-state index in [2.05, 4.69) is 113 Å². The highest BCUT2D eigenvalue weighted by molar-refractivity contribution is 7.77. The smallest absolute Gasteiger partial charge is 0.130 e. The lowest BCUT2D eigenvalue weighted by molar-refractivity contribution is 0.415. The molecule has 2 atom stereocenters.